The summed E-state index contributed by atoms with van der Waals surface area (Å²) in [4.78, 5) is 30.4. The number of aromatic nitrogens is 5. The second kappa shape index (κ2) is 12.6. The fraction of sp³-hybridized carbons (Fsp3) is 0.294. The molecular weight excluding hydrogens is 594 g/mol. The van der Waals surface area contributed by atoms with Crippen LogP contribution in [0.5, 0.6) is 5.88 Å². The fourth-order valence-electron chi connectivity index (χ4n) is 4.91. The maximum atomic E-state index is 15.6. The summed E-state index contributed by atoms with van der Waals surface area (Å²) in [5, 5.41) is 8.93. The Kier molecular flexibility index (Phi) is 8.42. The van der Waals surface area contributed by atoms with Crippen molar-refractivity contribution < 1.29 is 27.8 Å². The molecule has 12 heteroatoms. The van der Waals surface area contributed by atoms with Gasteiger partial charge in [-0.1, -0.05) is 6.07 Å². The molecule has 46 heavy (non-hydrogen) atoms. The van der Waals surface area contributed by atoms with Crippen molar-refractivity contribution in [2.24, 2.45) is 0 Å². The maximum Gasteiger partial charge on any atom is 0.357 e. The third kappa shape index (κ3) is 6.84. The number of nitrogens with zero attached hydrogens (tertiary/aromatic N) is 6. The quantitative estimate of drug-likeness (QED) is 0.183. The molecule has 0 N–H and O–H groups in total. The molecular formula is C34H30F2N6O4. The van der Waals surface area contributed by atoms with E-state index in [9.17, 15) is 4.79 Å². The number of pyridine rings is 3. The Labute approximate surface area is 263 Å². The van der Waals surface area contributed by atoms with Crippen molar-refractivity contribution in [2.75, 3.05) is 6.61 Å². The van der Waals surface area contributed by atoms with E-state index in [2.05, 4.69) is 19.9 Å². The molecule has 0 spiro atoms. The van der Waals surface area contributed by atoms with Crippen LogP contribution in [0.15, 0.2) is 60.8 Å². The molecule has 0 bridgehead atoms. The van der Waals surface area contributed by atoms with Crippen LogP contribution in [0.1, 0.15) is 60.3 Å². The number of esters is 1. The molecule has 1 aliphatic heterocycles. The Morgan fingerprint density at radius 2 is 1.91 bits per heavy atom. The molecule has 1 saturated heterocycles. The number of hydrogen-bond donors (Lipinski definition) is 0. The second-order valence-electron chi connectivity index (χ2n) is 11.9. The summed E-state index contributed by atoms with van der Waals surface area (Å²) in [5.41, 5.74) is 1.65. The lowest BCUT2D eigenvalue weighted by Gasteiger charge is -2.27. The number of fused-ring (bicyclic) bond motifs is 1. The highest BCUT2D eigenvalue weighted by molar-refractivity contribution is 5.90. The van der Waals surface area contributed by atoms with Crippen molar-refractivity contribution in [3.8, 4) is 23.2 Å². The zero-order valence-electron chi connectivity index (χ0n) is 25.5. The lowest BCUT2D eigenvalue weighted by molar-refractivity contribution is -0.0590. The summed E-state index contributed by atoms with van der Waals surface area (Å²) in [7, 11) is 0. The van der Waals surface area contributed by atoms with Crippen molar-refractivity contribution in [1.29, 1.82) is 5.26 Å². The monoisotopic (exact) mass is 624 g/mol. The van der Waals surface area contributed by atoms with Crippen LogP contribution >= 0.6 is 0 Å². The Balaban J connectivity index is 1.26. The molecule has 4 aromatic heterocycles. The number of halogens is 2. The third-order valence-corrected chi connectivity index (χ3v) is 7.26. The first-order valence-electron chi connectivity index (χ1n) is 14.7. The van der Waals surface area contributed by atoms with Gasteiger partial charge in [0.2, 0.25) is 5.88 Å². The van der Waals surface area contributed by atoms with Crippen LogP contribution in [0.25, 0.3) is 22.4 Å². The molecule has 0 saturated carbocycles. The number of carbonyl (C=O) groups excluding carboxylic acids is 1. The first-order chi connectivity index (χ1) is 22.1. The molecule has 234 valence electrons. The van der Waals surface area contributed by atoms with E-state index in [-0.39, 0.29) is 47.5 Å². The molecule has 1 aliphatic rings. The lowest BCUT2D eigenvalue weighted by atomic mass is 10.0. The lowest BCUT2D eigenvalue weighted by Crippen LogP contribution is -2.32. The Bertz CT molecular complexity index is 1960. The SMILES string of the molecule is CC(C)(C)OC(=O)c1ccc2nc(Cc3cc(F)c(-c4cccc(OCc5ccc(C#N)cn5)n4)cc3F)n(C[C@@H]3CCO3)c2n1. The highest BCUT2D eigenvalue weighted by atomic mass is 19.1. The summed E-state index contributed by atoms with van der Waals surface area (Å²) in [6.07, 6.45) is 2.17. The predicted octanol–water partition coefficient (Wildman–Crippen LogP) is 5.95. The molecule has 6 rings (SSSR count). The van der Waals surface area contributed by atoms with Gasteiger partial charge in [-0.05, 0) is 75.2 Å². The molecule has 10 nitrogen and oxygen atoms in total. The van der Waals surface area contributed by atoms with Gasteiger partial charge in [-0.25, -0.2) is 28.5 Å². The summed E-state index contributed by atoms with van der Waals surface area (Å²) < 4.78 is 49.7. The van der Waals surface area contributed by atoms with Crippen LogP contribution in [0.3, 0.4) is 0 Å². The van der Waals surface area contributed by atoms with E-state index in [1.807, 2.05) is 6.07 Å². The maximum absolute atomic E-state index is 15.6. The molecule has 5 heterocycles. The summed E-state index contributed by atoms with van der Waals surface area (Å²) in [6.45, 7) is 6.44. The fourth-order valence-corrected chi connectivity index (χ4v) is 4.91. The van der Waals surface area contributed by atoms with Crippen LogP contribution < -0.4 is 4.74 Å². The van der Waals surface area contributed by atoms with E-state index in [4.69, 9.17) is 19.5 Å². The van der Waals surface area contributed by atoms with Crippen molar-refractivity contribution in [3.05, 3.63) is 101 Å². The largest absolute Gasteiger partial charge is 0.471 e. The number of carbonyl (C=O) groups is 1. The number of imidazole rings is 1. The summed E-state index contributed by atoms with van der Waals surface area (Å²) in [6, 6.07) is 15.6. The van der Waals surface area contributed by atoms with Crippen LogP contribution in [-0.2, 0) is 29.0 Å². The number of nitriles is 1. The minimum absolute atomic E-state index is 0.0248. The van der Waals surface area contributed by atoms with Crippen LogP contribution in [0.4, 0.5) is 8.78 Å². The zero-order valence-corrected chi connectivity index (χ0v) is 25.5. The van der Waals surface area contributed by atoms with Crippen LogP contribution in [0.2, 0.25) is 0 Å². The van der Waals surface area contributed by atoms with Gasteiger partial charge in [0.15, 0.2) is 11.3 Å². The Morgan fingerprint density at radius 1 is 1.09 bits per heavy atom. The smallest absolute Gasteiger partial charge is 0.357 e. The van der Waals surface area contributed by atoms with E-state index in [0.29, 0.717) is 41.4 Å². The van der Waals surface area contributed by atoms with Gasteiger partial charge in [0, 0.05) is 30.9 Å². The first-order valence-corrected chi connectivity index (χ1v) is 14.7. The standard InChI is InChI=1S/C34H30F2N6O4/c1-34(2,3)46-33(43)29-10-9-28-32(41-29)42(18-23-11-12-44-23)30(39-28)14-21-13-26(36)24(15-25(21)35)27-5-4-6-31(40-27)45-19-22-8-7-20(16-37)17-38-22/h4-10,13,15,17,23H,11-12,14,18-19H2,1-3H3/t23-/m0/s1. The van der Waals surface area contributed by atoms with E-state index in [1.54, 1.807) is 61.7 Å². The molecule has 5 aromatic rings. The normalized spacial score (nSPS) is 14.5. The number of ether oxygens (including phenoxy) is 3. The molecule has 0 aliphatic carbocycles. The number of rotatable bonds is 9. The van der Waals surface area contributed by atoms with Gasteiger partial charge in [-0.15, -0.1) is 0 Å². The molecule has 1 aromatic carbocycles. The predicted molar refractivity (Wildman–Crippen MR) is 163 cm³/mol. The average molecular weight is 625 g/mol. The van der Waals surface area contributed by atoms with Crippen molar-refractivity contribution in [1.82, 2.24) is 24.5 Å². The van der Waals surface area contributed by atoms with Crippen molar-refractivity contribution >= 4 is 17.1 Å². The van der Waals surface area contributed by atoms with E-state index >= 15 is 8.78 Å². The molecule has 1 atom stereocenters. The average Bonchev–Trinajstić information content (AvgIpc) is 3.34. The minimum Gasteiger partial charge on any atom is -0.471 e. The summed E-state index contributed by atoms with van der Waals surface area (Å²) >= 11 is 0. The van der Waals surface area contributed by atoms with Gasteiger partial charge >= 0.3 is 5.97 Å². The molecule has 0 amide bonds. The van der Waals surface area contributed by atoms with Crippen LogP contribution in [-0.4, -0.2) is 48.8 Å². The highest BCUT2D eigenvalue weighted by Gasteiger charge is 2.25. The van der Waals surface area contributed by atoms with Crippen LogP contribution in [0, 0.1) is 23.0 Å². The van der Waals surface area contributed by atoms with Gasteiger partial charge in [0.25, 0.3) is 0 Å². The van der Waals surface area contributed by atoms with E-state index < -0.39 is 23.2 Å². The number of benzene rings is 1. The van der Waals surface area contributed by atoms with Gasteiger partial charge in [0.1, 0.15) is 41.3 Å². The van der Waals surface area contributed by atoms with Gasteiger partial charge in [-0.3, -0.25) is 4.98 Å². The topological polar surface area (TPSA) is 125 Å². The second-order valence-corrected chi connectivity index (χ2v) is 11.9. The van der Waals surface area contributed by atoms with Gasteiger partial charge in [0.05, 0.1) is 29.6 Å². The third-order valence-electron chi connectivity index (χ3n) is 7.26. The van der Waals surface area contributed by atoms with E-state index in [1.165, 1.54) is 12.3 Å². The highest BCUT2D eigenvalue weighted by Crippen LogP contribution is 2.29. The molecule has 0 radical (unpaired) electrons. The Hall–Kier alpha value is -5.28. The first kappa shape index (κ1) is 30.7. The minimum atomic E-state index is -0.694. The van der Waals surface area contributed by atoms with E-state index in [0.717, 1.165) is 18.6 Å². The van der Waals surface area contributed by atoms with Crippen molar-refractivity contribution in [3.63, 3.8) is 0 Å². The summed E-state index contributed by atoms with van der Waals surface area (Å²) in [5.74, 6) is -1.20. The molecule has 0 unspecified atom stereocenters. The molecule has 1 fully saturated rings. The number of hydrogen-bond acceptors (Lipinski definition) is 9. The van der Waals surface area contributed by atoms with Crippen molar-refractivity contribution in [2.45, 2.75) is 58.5 Å². The van der Waals surface area contributed by atoms with Gasteiger partial charge in [-0.2, -0.15) is 5.26 Å². The Morgan fingerprint density at radius 3 is 2.61 bits per heavy atom. The zero-order chi connectivity index (χ0) is 32.4. The van der Waals surface area contributed by atoms with Gasteiger partial charge < -0.3 is 18.8 Å².